The third-order valence-electron chi connectivity index (χ3n) is 5.47. The van der Waals surface area contributed by atoms with Gasteiger partial charge in [-0.05, 0) is 36.4 Å². The maximum Gasteiger partial charge on any atom is 0.358 e. The molecule has 1 heterocycles. The fourth-order valence-electron chi connectivity index (χ4n) is 3.69. The monoisotopic (exact) mass is 540 g/mol. The average molecular weight is 541 g/mol. The number of halogens is 3. The number of aromatic nitrogens is 2. The van der Waals surface area contributed by atoms with Gasteiger partial charge in [-0.1, -0.05) is 59.6 Å². The molecule has 0 spiro atoms. The first-order valence-corrected chi connectivity index (χ1v) is 12.0. The lowest BCUT2D eigenvalue weighted by atomic mass is 10.1. The van der Waals surface area contributed by atoms with Crippen LogP contribution in [0.4, 0.5) is 21.6 Å². The molecule has 4 rings (SSSR count). The summed E-state index contributed by atoms with van der Waals surface area (Å²) in [5.74, 6) is -1.58. The molecule has 0 aliphatic carbocycles. The first-order valence-electron chi connectivity index (χ1n) is 11.2. The number of ether oxygens (including phenoxy) is 2. The summed E-state index contributed by atoms with van der Waals surface area (Å²) < 4.78 is 25.3. The van der Waals surface area contributed by atoms with Gasteiger partial charge in [-0.15, -0.1) is 0 Å². The second kappa shape index (κ2) is 11.9. The first-order chi connectivity index (χ1) is 17.9. The predicted octanol–water partition coefficient (Wildman–Crippen LogP) is 6.63. The zero-order valence-electron chi connectivity index (χ0n) is 20.0. The van der Waals surface area contributed by atoms with Gasteiger partial charge in [0.15, 0.2) is 28.9 Å². The number of anilines is 3. The minimum absolute atomic E-state index is 0.0141. The Morgan fingerprint density at radius 3 is 2.30 bits per heavy atom. The standard InChI is InChI=1S/C27H23Cl2FN4O3/c1-36-24-20(28)14-13-19(22(24)30)25-32-23(27(35)37-2)21(29)26(33-25)34(18-11-7-4-8-12-18)16-15-31-17-9-5-3-6-10-17/h3-14,31H,15-16H2,1-2H3. The minimum Gasteiger partial charge on any atom is -0.492 e. The molecule has 1 N–H and O–H groups in total. The second-order valence-electron chi connectivity index (χ2n) is 7.75. The quantitative estimate of drug-likeness (QED) is 0.238. The Hall–Kier alpha value is -3.88. The summed E-state index contributed by atoms with van der Waals surface area (Å²) in [5, 5.41) is 3.41. The van der Waals surface area contributed by atoms with E-state index in [1.165, 1.54) is 26.4 Å². The highest BCUT2D eigenvalue weighted by Crippen LogP contribution is 2.37. The maximum absolute atomic E-state index is 15.3. The number of para-hydroxylation sites is 2. The lowest BCUT2D eigenvalue weighted by molar-refractivity contribution is 0.0594. The van der Waals surface area contributed by atoms with Gasteiger partial charge in [-0.2, -0.15) is 0 Å². The number of carbonyl (C=O) groups excluding carboxylic acids is 1. The van der Waals surface area contributed by atoms with E-state index in [1.54, 1.807) is 0 Å². The summed E-state index contributed by atoms with van der Waals surface area (Å²) in [7, 11) is 2.52. The van der Waals surface area contributed by atoms with Gasteiger partial charge in [0, 0.05) is 24.5 Å². The molecule has 0 saturated heterocycles. The molecule has 190 valence electrons. The Bertz CT molecular complexity index is 1390. The summed E-state index contributed by atoms with van der Waals surface area (Å²) in [6.45, 7) is 0.910. The molecule has 7 nitrogen and oxygen atoms in total. The fourth-order valence-corrected chi connectivity index (χ4v) is 4.18. The van der Waals surface area contributed by atoms with E-state index in [9.17, 15) is 4.79 Å². The van der Waals surface area contributed by atoms with E-state index in [4.69, 9.17) is 32.7 Å². The molecule has 3 aromatic carbocycles. The number of benzene rings is 3. The number of rotatable bonds is 9. The third-order valence-corrected chi connectivity index (χ3v) is 6.11. The zero-order chi connectivity index (χ0) is 26.4. The van der Waals surface area contributed by atoms with Crippen LogP contribution in [-0.2, 0) is 4.74 Å². The van der Waals surface area contributed by atoms with Crippen LogP contribution >= 0.6 is 23.2 Å². The predicted molar refractivity (Wildman–Crippen MR) is 144 cm³/mol. The van der Waals surface area contributed by atoms with Crippen LogP contribution in [0.3, 0.4) is 0 Å². The van der Waals surface area contributed by atoms with Crippen molar-refractivity contribution in [3.05, 3.63) is 94.4 Å². The van der Waals surface area contributed by atoms with Crippen LogP contribution < -0.4 is 15.0 Å². The van der Waals surface area contributed by atoms with Crippen LogP contribution in [0.25, 0.3) is 11.4 Å². The van der Waals surface area contributed by atoms with Crippen LogP contribution in [0.15, 0.2) is 72.8 Å². The molecule has 0 bridgehead atoms. The molecule has 0 unspecified atom stereocenters. The van der Waals surface area contributed by atoms with Gasteiger partial charge in [-0.25, -0.2) is 19.2 Å². The van der Waals surface area contributed by atoms with Crippen molar-refractivity contribution in [1.82, 2.24) is 9.97 Å². The van der Waals surface area contributed by atoms with E-state index in [0.29, 0.717) is 13.1 Å². The number of hydrogen-bond acceptors (Lipinski definition) is 7. The molecule has 1 aromatic heterocycles. The third kappa shape index (κ3) is 5.76. The van der Waals surface area contributed by atoms with E-state index in [2.05, 4.69) is 15.3 Å². The lowest BCUT2D eigenvalue weighted by Crippen LogP contribution is -2.26. The normalized spacial score (nSPS) is 10.6. The number of nitrogens with one attached hydrogen (secondary N) is 1. The number of hydrogen-bond donors (Lipinski definition) is 1. The van der Waals surface area contributed by atoms with Gasteiger partial charge in [0.05, 0.1) is 24.8 Å². The summed E-state index contributed by atoms with van der Waals surface area (Å²) in [5.41, 5.74) is 1.48. The van der Waals surface area contributed by atoms with Gasteiger partial charge < -0.3 is 19.7 Å². The molecule has 0 fully saturated rings. The van der Waals surface area contributed by atoms with Crippen molar-refractivity contribution in [2.75, 3.05) is 37.5 Å². The molecule has 0 radical (unpaired) electrons. The molecule has 10 heteroatoms. The van der Waals surface area contributed by atoms with E-state index in [0.717, 1.165) is 11.4 Å². The Labute approximate surface area is 223 Å². The van der Waals surface area contributed by atoms with Crippen LogP contribution in [0, 0.1) is 5.82 Å². The number of carbonyl (C=O) groups is 1. The molecule has 0 atom stereocenters. The average Bonchev–Trinajstić information content (AvgIpc) is 2.93. The highest BCUT2D eigenvalue weighted by molar-refractivity contribution is 6.35. The van der Waals surface area contributed by atoms with Crippen LogP contribution in [-0.4, -0.2) is 43.2 Å². The van der Waals surface area contributed by atoms with Gasteiger partial charge in [-0.3, -0.25) is 0 Å². The molecular weight excluding hydrogens is 518 g/mol. The summed E-state index contributed by atoms with van der Waals surface area (Å²) in [6, 6.07) is 22.0. The van der Waals surface area contributed by atoms with Gasteiger partial charge >= 0.3 is 5.97 Å². The van der Waals surface area contributed by atoms with Crippen LogP contribution in [0.2, 0.25) is 10.0 Å². The Morgan fingerprint density at radius 2 is 1.65 bits per heavy atom. The molecular formula is C27H23Cl2FN4O3. The zero-order valence-corrected chi connectivity index (χ0v) is 21.6. The van der Waals surface area contributed by atoms with Crippen molar-refractivity contribution < 1.29 is 18.7 Å². The highest BCUT2D eigenvalue weighted by atomic mass is 35.5. The van der Waals surface area contributed by atoms with E-state index in [-0.39, 0.29) is 38.7 Å². The van der Waals surface area contributed by atoms with E-state index in [1.807, 2.05) is 65.6 Å². The SMILES string of the molecule is COC(=O)c1nc(-c2ccc(Cl)c(OC)c2F)nc(N(CCNc2ccccc2)c2ccccc2)c1Cl. The smallest absolute Gasteiger partial charge is 0.358 e. The van der Waals surface area contributed by atoms with E-state index < -0.39 is 11.8 Å². The summed E-state index contributed by atoms with van der Waals surface area (Å²) in [4.78, 5) is 23.3. The number of methoxy groups -OCH3 is 2. The van der Waals surface area contributed by atoms with Crippen molar-refractivity contribution in [2.45, 2.75) is 0 Å². The molecule has 0 aliphatic heterocycles. The van der Waals surface area contributed by atoms with Crippen LogP contribution in [0.1, 0.15) is 10.5 Å². The molecule has 0 saturated carbocycles. The Kier molecular flexibility index (Phi) is 8.43. The Balaban J connectivity index is 1.84. The molecule has 0 aliphatic rings. The van der Waals surface area contributed by atoms with Gasteiger partial charge in [0.2, 0.25) is 0 Å². The molecule has 4 aromatic rings. The molecule has 37 heavy (non-hydrogen) atoms. The van der Waals surface area contributed by atoms with Crippen molar-refractivity contribution in [2.24, 2.45) is 0 Å². The lowest BCUT2D eigenvalue weighted by Gasteiger charge is -2.26. The Morgan fingerprint density at radius 1 is 0.973 bits per heavy atom. The maximum atomic E-state index is 15.3. The topological polar surface area (TPSA) is 76.6 Å². The van der Waals surface area contributed by atoms with E-state index >= 15 is 4.39 Å². The van der Waals surface area contributed by atoms with Gasteiger partial charge in [0.25, 0.3) is 0 Å². The van der Waals surface area contributed by atoms with Crippen molar-refractivity contribution in [3.63, 3.8) is 0 Å². The second-order valence-corrected chi connectivity index (χ2v) is 8.53. The minimum atomic E-state index is -0.786. The van der Waals surface area contributed by atoms with Crippen molar-refractivity contribution >= 4 is 46.4 Å². The fraction of sp³-hybridized carbons (Fsp3) is 0.148. The largest absolute Gasteiger partial charge is 0.492 e. The number of esters is 1. The van der Waals surface area contributed by atoms with Crippen LogP contribution in [0.5, 0.6) is 5.75 Å². The number of nitrogens with zero attached hydrogens (tertiary/aromatic N) is 3. The van der Waals surface area contributed by atoms with Crippen molar-refractivity contribution in [1.29, 1.82) is 0 Å². The van der Waals surface area contributed by atoms with Crippen molar-refractivity contribution in [3.8, 4) is 17.1 Å². The summed E-state index contributed by atoms with van der Waals surface area (Å²) >= 11 is 12.8. The highest BCUT2D eigenvalue weighted by Gasteiger charge is 2.26. The first kappa shape index (κ1) is 26.2. The van der Waals surface area contributed by atoms with Gasteiger partial charge in [0.1, 0.15) is 5.02 Å². The summed E-state index contributed by atoms with van der Waals surface area (Å²) in [6.07, 6.45) is 0. The molecule has 0 amide bonds.